The van der Waals surface area contributed by atoms with Crippen LogP contribution in [0.3, 0.4) is 0 Å². The molecule has 0 spiro atoms. The second kappa shape index (κ2) is 9.41. The quantitative estimate of drug-likeness (QED) is 0.470. The van der Waals surface area contributed by atoms with Gasteiger partial charge in [0.1, 0.15) is 5.57 Å². The van der Waals surface area contributed by atoms with Crippen molar-refractivity contribution < 1.29 is 9.59 Å². The molecule has 1 saturated heterocycles. The number of aryl methyl sites for hydroxylation is 1. The van der Waals surface area contributed by atoms with Gasteiger partial charge in [0.2, 0.25) is 0 Å². The van der Waals surface area contributed by atoms with Crippen LogP contribution in [0.4, 0.5) is 5.69 Å². The lowest BCUT2D eigenvalue weighted by Gasteiger charge is -2.22. The highest BCUT2D eigenvalue weighted by Crippen LogP contribution is 2.27. The molecular weight excluding hydrogens is 388 g/mol. The van der Waals surface area contributed by atoms with E-state index in [2.05, 4.69) is 54.5 Å². The standard InChI is InChI=1S/C25H34N4O2/c1-7-10-15-28-25(31)23(24(30)26(28)6)17-20-16-18(4)29(19(20)5)22-13-11-21(12-14-22)27(8-2)9-3/h11-14,16-17H,7-10,15H2,1-6H3/b23-17-. The molecule has 0 saturated carbocycles. The highest BCUT2D eigenvalue weighted by Gasteiger charge is 2.38. The van der Waals surface area contributed by atoms with Crippen molar-refractivity contribution in [2.45, 2.75) is 47.5 Å². The Bertz CT molecular complexity index is 984. The first-order valence-electron chi connectivity index (χ1n) is 11.2. The molecule has 2 amide bonds. The van der Waals surface area contributed by atoms with Crippen molar-refractivity contribution in [3.05, 3.63) is 52.9 Å². The van der Waals surface area contributed by atoms with E-state index in [0.717, 1.165) is 48.6 Å². The summed E-state index contributed by atoms with van der Waals surface area (Å²) in [5.74, 6) is -0.455. The molecular formula is C25H34N4O2. The molecule has 3 rings (SSSR count). The average molecular weight is 423 g/mol. The van der Waals surface area contributed by atoms with Gasteiger partial charge in [0.05, 0.1) is 0 Å². The van der Waals surface area contributed by atoms with Crippen LogP contribution in [0, 0.1) is 13.8 Å². The molecule has 2 heterocycles. The fourth-order valence-electron chi connectivity index (χ4n) is 4.22. The van der Waals surface area contributed by atoms with Crippen LogP contribution in [0.25, 0.3) is 11.8 Å². The molecule has 1 aliphatic heterocycles. The summed E-state index contributed by atoms with van der Waals surface area (Å²) in [6.45, 7) is 13.0. The maximum atomic E-state index is 12.9. The maximum absolute atomic E-state index is 12.9. The number of benzene rings is 1. The van der Waals surface area contributed by atoms with Gasteiger partial charge in [0.25, 0.3) is 11.8 Å². The summed E-state index contributed by atoms with van der Waals surface area (Å²) in [6, 6.07) is 10.6. The summed E-state index contributed by atoms with van der Waals surface area (Å²) >= 11 is 0. The van der Waals surface area contributed by atoms with E-state index >= 15 is 0 Å². The van der Waals surface area contributed by atoms with Crippen molar-refractivity contribution in [2.75, 3.05) is 31.6 Å². The molecule has 1 aromatic heterocycles. The van der Waals surface area contributed by atoms with Crippen LogP contribution in [0.5, 0.6) is 0 Å². The van der Waals surface area contributed by atoms with Crippen LogP contribution in [-0.4, -0.2) is 53.1 Å². The van der Waals surface area contributed by atoms with E-state index in [-0.39, 0.29) is 17.4 Å². The molecule has 0 bridgehead atoms. The third kappa shape index (κ3) is 4.24. The van der Waals surface area contributed by atoms with Crippen LogP contribution in [0.1, 0.15) is 50.6 Å². The second-order valence-electron chi connectivity index (χ2n) is 8.02. The average Bonchev–Trinajstić information content (AvgIpc) is 3.15. The van der Waals surface area contributed by atoms with Gasteiger partial charge in [-0.1, -0.05) is 13.3 Å². The van der Waals surface area contributed by atoms with Crippen LogP contribution in [-0.2, 0) is 9.59 Å². The minimum Gasteiger partial charge on any atom is -0.372 e. The summed E-state index contributed by atoms with van der Waals surface area (Å²) in [5, 5.41) is 2.98. The van der Waals surface area contributed by atoms with Gasteiger partial charge in [-0.3, -0.25) is 14.6 Å². The van der Waals surface area contributed by atoms with Gasteiger partial charge in [-0.05, 0) is 76.1 Å². The normalized spacial score (nSPS) is 15.5. The first-order chi connectivity index (χ1) is 14.8. The molecule has 0 unspecified atom stereocenters. The van der Waals surface area contributed by atoms with Crippen molar-refractivity contribution in [3.8, 4) is 5.69 Å². The number of hydrogen-bond acceptors (Lipinski definition) is 3. The molecule has 6 heteroatoms. The number of aromatic nitrogens is 1. The van der Waals surface area contributed by atoms with Crippen molar-refractivity contribution in [1.82, 2.24) is 14.6 Å². The molecule has 6 nitrogen and oxygen atoms in total. The lowest BCUT2D eigenvalue weighted by atomic mass is 10.1. The molecule has 1 aliphatic rings. The molecule has 1 aromatic carbocycles. The molecule has 1 fully saturated rings. The Balaban J connectivity index is 1.93. The van der Waals surface area contributed by atoms with Crippen LogP contribution in [0.15, 0.2) is 35.9 Å². The Kier molecular flexibility index (Phi) is 6.88. The van der Waals surface area contributed by atoms with Gasteiger partial charge < -0.3 is 9.47 Å². The number of likely N-dealkylation sites (N-methyl/N-ethyl adjacent to an activating group) is 1. The van der Waals surface area contributed by atoms with Gasteiger partial charge in [0.15, 0.2) is 0 Å². The molecule has 0 radical (unpaired) electrons. The van der Waals surface area contributed by atoms with Gasteiger partial charge >= 0.3 is 0 Å². The van der Waals surface area contributed by atoms with Crippen LogP contribution >= 0.6 is 0 Å². The van der Waals surface area contributed by atoms with Gasteiger partial charge in [0, 0.05) is 49.4 Å². The SMILES string of the molecule is CCCCN1C(=O)/C(=C\c2cc(C)n(-c3ccc(N(CC)CC)cc3)c2C)C(=O)N1C. The minimum absolute atomic E-state index is 0.214. The number of amides is 2. The van der Waals surface area contributed by atoms with E-state index in [9.17, 15) is 9.59 Å². The minimum atomic E-state index is -0.241. The van der Waals surface area contributed by atoms with Gasteiger partial charge in [-0.15, -0.1) is 0 Å². The number of unbranched alkanes of at least 4 members (excludes halogenated alkanes) is 1. The Morgan fingerprint density at radius 2 is 1.61 bits per heavy atom. The highest BCUT2D eigenvalue weighted by atomic mass is 16.2. The topological polar surface area (TPSA) is 48.8 Å². The predicted octanol–water partition coefficient (Wildman–Crippen LogP) is 4.34. The van der Waals surface area contributed by atoms with Crippen molar-refractivity contribution in [3.63, 3.8) is 0 Å². The first-order valence-corrected chi connectivity index (χ1v) is 11.2. The number of carbonyl (C=O) groups excluding carboxylic acids is 2. The lowest BCUT2D eigenvalue weighted by Crippen LogP contribution is -2.38. The van der Waals surface area contributed by atoms with Gasteiger partial charge in [-0.25, -0.2) is 5.01 Å². The Morgan fingerprint density at radius 1 is 0.968 bits per heavy atom. The largest absolute Gasteiger partial charge is 0.372 e. The summed E-state index contributed by atoms with van der Waals surface area (Å²) in [5.41, 5.74) is 5.48. The first kappa shape index (κ1) is 22.7. The molecule has 0 atom stereocenters. The van der Waals surface area contributed by atoms with E-state index in [1.54, 1.807) is 18.1 Å². The van der Waals surface area contributed by atoms with E-state index in [1.165, 1.54) is 10.7 Å². The van der Waals surface area contributed by atoms with Crippen LogP contribution < -0.4 is 4.90 Å². The zero-order valence-electron chi connectivity index (χ0n) is 19.6. The molecule has 2 aromatic rings. The summed E-state index contributed by atoms with van der Waals surface area (Å²) in [7, 11) is 1.66. The Labute approximate surface area is 185 Å². The van der Waals surface area contributed by atoms with Crippen LogP contribution in [0.2, 0.25) is 0 Å². The number of hydrogen-bond donors (Lipinski definition) is 0. The Morgan fingerprint density at radius 3 is 2.19 bits per heavy atom. The van der Waals surface area contributed by atoms with E-state index < -0.39 is 0 Å². The lowest BCUT2D eigenvalue weighted by molar-refractivity contribution is -0.143. The fourth-order valence-corrected chi connectivity index (χ4v) is 4.22. The third-order valence-corrected chi connectivity index (χ3v) is 6.08. The second-order valence-corrected chi connectivity index (χ2v) is 8.02. The van der Waals surface area contributed by atoms with Crippen molar-refractivity contribution in [1.29, 1.82) is 0 Å². The van der Waals surface area contributed by atoms with Gasteiger partial charge in [-0.2, -0.15) is 0 Å². The Hall–Kier alpha value is -3.02. The predicted molar refractivity (Wildman–Crippen MR) is 126 cm³/mol. The fraction of sp³-hybridized carbons (Fsp3) is 0.440. The maximum Gasteiger partial charge on any atom is 0.278 e. The summed E-state index contributed by atoms with van der Waals surface area (Å²) in [4.78, 5) is 27.9. The molecule has 0 aliphatic carbocycles. The molecule has 0 N–H and O–H groups in total. The monoisotopic (exact) mass is 422 g/mol. The highest BCUT2D eigenvalue weighted by molar-refractivity contribution is 6.25. The zero-order valence-corrected chi connectivity index (χ0v) is 19.6. The van der Waals surface area contributed by atoms with E-state index in [4.69, 9.17) is 0 Å². The number of nitrogens with zero attached hydrogens (tertiary/aromatic N) is 4. The number of hydrazine groups is 1. The molecule has 166 valence electrons. The van der Waals surface area contributed by atoms with Crippen molar-refractivity contribution >= 4 is 23.6 Å². The third-order valence-electron chi connectivity index (χ3n) is 6.08. The number of carbonyl (C=O) groups is 2. The number of anilines is 1. The smallest absolute Gasteiger partial charge is 0.278 e. The zero-order chi connectivity index (χ0) is 22.7. The summed E-state index contributed by atoms with van der Waals surface area (Å²) < 4.78 is 2.17. The molecule has 31 heavy (non-hydrogen) atoms. The van der Waals surface area contributed by atoms with E-state index in [0.29, 0.717) is 6.54 Å². The number of rotatable bonds is 8. The summed E-state index contributed by atoms with van der Waals surface area (Å²) in [6.07, 6.45) is 3.59. The van der Waals surface area contributed by atoms with Crippen molar-refractivity contribution in [2.24, 2.45) is 0 Å². The van der Waals surface area contributed by atoms with E-state index in [1.807, 2.05) is 19.9 Å².